The summed E-state index contributed by atoms with van der Waals surface area (Å²) in [5.41, 5.74) is 0.464. The molecule has 0 fully saturated rings. The molecule has 1 rings (SSSR count). The molecule has 0 unspecified atom stereocenters. The number of carbonyl (C=O) groups excluding carboxylic acids is 2. The van der Waals surface area contributed by atoms with Gasteiger partial charge in [-0.3, -0.25) is 9.59 Å². The van der Waals surface area contributed by atoms with Crippen LogP contribution in [0.25, 0.3) is 0 Å². The molecule has 0 aromatic heterocycles. The topological polar surface area (TPSA) is 58.2 Å². The van der Waals surface area contributed by atoms with Crippen LogP contribution in [-0.2, 0) is 16.1 Å². The van der Waals surface area contributed by atoms with Crippen molar-refractivity contribution in [3.63, 3.8) is 0 Å². The Balaban J connectivity index is 2.46. The van der Waals surface area contributed by atoms with Crippen LogP contribution in [0.1, 0.15) is 26.3 Å². The number of carbonyl (C=O) groups is 2. The minimum atomic E-state index is -0.639. The maximum absolute atomic E-state index is 11.5. The Hall–Kier alpha value is -1.55. The summed E-state index contributed by atoms with van der Waals surface area (Å²) in [6.45, 7) is 5.75. The third kappa shape index (κ3) is 5.19. The second-order valence-corrected chi connectivity index (χ2v) is 5.45. The van der Waals surface area contributed by atoms with Crippen LogP contribution in [0.3, 0.4) is 0 Å². The monoisotopic (exact) mass is 268 g/mol. The van der Waals surface area contributed by atoms with Crippen LogP contribution in [0.2, 0.25) is 5.02 Å². The fraction of sp³-hybridized carbons (Fsp3) is 0.385. The molecule has 0 aliphatic rings. The zero-order valence-corrected chi connectivity index (χ0v) is 11.5. The Morgan fingerprint density at radius 3 is 2.17 bits per heavy atom. The van der Waals surface area contributed by atoms with Crippen molar-refractivity contribution in [3.8, 4) is 0 Å². The molecule has 0 radical (unpaired) electrons. The molecule has 0 heterocycles. The van der Waals surface area contributed by atoms with E-state index in [0.717, 1.165) is 5.56 Å². The van der Waals surface area contributed by atoms with Gasteiger partial charge in [-0.15, -0.1) is 0 Å². The fourth-order valence-electron chi connectivity index (χ4n) is 1.26. The molecular formula is C13H17ClN2O2. The molecule has 5 heteroatoms. The zero-order valence-electron chi connectivity index (χ0n) is 10.7. The maximum atomic E-state index is 11.5. The van der Waals surface area contributed by atoms with Crippen molar-refractivity contribution in [3.05, 3.63) is 34.9 Å². The number of benzene rings is 1. The molecule has 0 saturated heterocycles. The number of nitrogens with one attached hydrogen (secondary N) is 2. The first kappa shape index (κ1) is 14.5. The lowest BCUT2D eigenvalue weighted by Crippen LogP contribution is -2.48. The smallest absolute Gasteiger partial charge is 0.309 e. The van der Waals surface area contributed by atoms with E-state index in [9.17, 15) is 9.59 Å². The molecular weight excluding hydrogens is 252 g/mol. The van der Waals surface area contributed by atoms with E-state index in [1.54, 1.807) is 24.3 Å². The number of hydrogen-bond donors (Lipinski definition) is 2. The summed E-state index contributed by atoms with van der Waals surface area (Å²) in [5, 5.41) is 5.77. The predicted molar refractivity (Wildman–Crippen MR) is 71.2 cm³/mol. The van der Waals surface area contributed by atoms with E-state index < -0.39 is 17.4 Å². The average Bonchev–Trinajstić information content (AvgIpc) is 2.25. The van der Waals surface area contributed by atoms with Gasteiger partial charge in [0.15, 0.2) is 0 Å². The van der Waals surface area contributed by atoms with Gasteiger partial charge >= 0.3 is 11.8 Å². The third-order valence-electron chi connectivity index (χ3n) is 2.06. The van der Waals surface area contributed by atoms with Crippen molar-refractivity contribution in [2.45, 2.75) is 32.9 Å². The molecule has 0 spiro atoms. The standard InChI is InChI=1S/C13H17ClN2O2/c1-13(2,3)16-12(18)11(17)15-8-9-4-6-10(14)7-5-9/h4-7H,8H2,1-3H3,(H,15,17)(H,16,18). The Morgan fingerprint density at radius 1 is 1.11 bits per heavy atom. The lowest BCUT2D eigenvalue weighted by Gasteiger charge is -2.19. The fourth-order valence-corrected chi connectivity index (χ4v) is 1.39. The molecule has 98 valence electrons. The molecule has 2 N–H and O–H groups in total. The number of rotatable bonds is 2. The molecule has 4 nitrogen and oxygen atoms in total. The van der Waals surface area contributed by atoms with Gasteiger partial charge < -0.3 is 10.6 Å². The normalized spacial score (nSPS) is 10.9. The van der Waals surface area contributed by atoms with Crippen LogP contribution in [0.5, 0.6) is 0 Å². The van der Waals surface area contributed by atoms with E-state index in [2.05, 4.69) is 10.6 Å². The molecule has 0 aliphatic carbocycles. The molecule has 0 atom stereocenters. The average molecular weight is 269 g/mol. The van der Waals surface area contributed by atoms with Crippen molar-refractivity contribution >= 4 is 23.4 Å². The minimum absolute atomic E-state index is 0.299. The van der Waals surface area contributed by atoms with Crippen LogP contribution >= 0.6 is 11.6 Å². The van der Waals surface area contributed by atoms with Crippen LogP contribution in [0.15, 0.2) is 24.3 Å². The van der Waals surface area contributed by atoms with Gasteiger partial charge in [0.2, 0.25) is 0 Å². The van der Waals surface area contributed by atoms with Crippen molar-refractivity contribution in [2.75, 3.05) is 0 Å². The molecule has 0 aliphatic heterocycles. The van der Waals surface area contributed by atoms with Crippen LogP contribution in [0, 0.1) is 0 Å². The van der Waals surface area contributed by atoms with E-state index >= 15 is 0 Å². The summed E-state index contributed by atoms with van der Waals surface area (Å²) in [6, 6.07) is 7.06. The van der Waals surface area contributed by atoms with Crippen molar-refractivity contribution in [2.24, 2.45) is 0 Å². The Kier molecular flexibility index (Phi) is 4.73. The first-order valence-electron chi connectivity index (χ1n) is 5.63. The molecule has 18 heavy (non-hydrogen) atoms. The lowest BCUT2D eigenvalue weighted by molar-refractivity contribution is -0.140. The quantitative estimate of drug-likeness (QED) is 0.805. The van der Waals surface area contributed by atoms with E-state index in [0.29, 0.717) is 11.6 Å². The van der Waals surface area contributed by atoms with Gasteiger partial charge in [-0.05, 0) is 38.5 Å². The van der Waals surface area contributed by atoms with Gasteiger partial charge in [0, 0.05) is 17.1 Å². The van der Waals surface area contributed by atoms with Crippen LogP contribution in [0.4, 0.5) is 0 Å². The van der Waals surface area contributed by atoms with Crippen LogP contribution < -0.4 is 10.6 Å². The van der Waals surface area contributed by atoms with Gasteiger partial charge in [0.25, 0.3) is 0 Å². The number of halogens is 1. The van der Waals surface area contributed by atoms with E-state index in [-0.39, 0.29) is 0 Å². The summed E-state index contributed by atoms with van der Waals surface area (Å²) < 4.78 is 0. The maximum Gasteiger partial charge on any atom is 0.309 e. The highest BCUT2D eigenvalue weighted by Crippen LogP contribution is 2.09. The van der Waals surface area contributed by atoms with E-state index in [4.69, 9.17) is 11.6 Å². The number of hydrogen-bond acceptors (Lipinski definition) is 2. The van der Waals surface area contributed by atoms with E-state index in [1.807, 2.05) is 20.8 Å². The second kappa shape index (κ2) is 5.87. The van der Waals surface area contributed by atoms with E-state index in [1.165, 1.54) is 0 Å². The van der Waals surface area contributed by atoms with Crippen molar-refractivity contribution in [1.29, 1.82) is 0 Å². The second-order valence-electron chi connectivity index (χ2n) is 5.01. The van der Waals surface area contributed by atoms with Gasteiger partial charge in [-0.1, -0.05) is 23.7 Å². The zero-order chi connectivity index (χ0) is 13.8. The lowest BCUT2D eigenvalue weighted by atomic mass is 10.1. The Morgan fingerprint density at radius 2 is 1.67 bits per heavy atom. The van der Waals surface area contributed by atoms with Gasteiger partial charge in [-0.2, -0.15) is 0 Å². The van der Waals surface area contributed by atoms with Gasteiger partial charge in [0.05, 0.1) is 0 Å². The Labute approximate surface area is 112 Å². The predicted octanol–water partition coefficient (Wildman–Crippen LogP) is 1.87. The van der Waals surface area contributed by atoms with Gasteiger partial charge in [-0.25, -0.2) is 0 Å². The highest BCUT2D eigenvalue weighted by molar-refractivity contribution is 6.35. The first-order chi connectivity index (χ1) is 8.28. The number of amides is 2. The summed E-state index contributed by atoms with van der Waals surface area (Å²) >= 11 is 5.75. The largest absolute Gasteiger partial charge is 0.344 e. The Bertz CT molecular complexity index is 435. The third-order valence-corrected chi connectivity index (χ3v) is 2.31. The first-order valence-corrected chi connectivity index (χ1v) is 6.00. The highest BCUT2D eigenvalue weighted by atomic mass is 35.5. The van der Waals surface area contributed by atoms with Crippen LogP contribution in [-0.4, -0.2) is 17.4 Å². The SMILES string of the molecule is CC(C)(C)NC(=O)C(=O)NCc1ccc(Cl)cc1. The molecule has 0 bridgehead atoms. The molecule has 1 aromatic rings. The summed E-state index contributed by atoms with van der Waals surface area (Å²) in [5.74, 6) is -1.27. The molecule has 2 amide bonds. The highest BCUT2D eigenvalue weighted by Gasteiger charge is 2.19. The summed E-state index contributed by atoms with van der Waals surface area (Å²) in [7, 11) is 0. The van der Waals surface area contributed by atoms with Gasteiger partial charge in [0.1, 0.15) is 0 Å². The summed E-state index contributed by atoms with van der Waals surface area (Å²) in [4.78, 5) is 23.0. The van der Waals surface area contributed by atoms with Crippen molar-refractivity contribution < 1.29 is 9.59 Å². The minimum Gasteiger partial charge on any atom is -0.344 e. The molecule has 0 saturated carbocycles. The summed E-state index contributed by atoms with van der Waals surface area (Å²) in [6.07, 6.45) is 0. The molecule has 1 aromatic carbocycles. The van der Waals surface area contributed by atoms with Crippen molar-refractivity contribution in [1.82, 2.24) is 10.6 Å².